The molecule has 0 aromatic heterocycles. The second-order valence-electron chi connectivity index (χ2n) is 6.25. The third-order valence-electron chi connectivity index (χ3n) is 3.57. The number of rotatable bonds is 6. The van der Waals surface area contributed by atoms with Gasteiger partial charge in [0.15, 0.2) is 0 Å². The molecule has 2 aromatic rings. The molecule has 0 bridgehead atoms. The molecule has 0 spiro atoms. The van der Waals surface area contributed by atoms with Crippen LogP contribution in [-0.4, -0.2) is 24.9 Å². The van der Waals surface area contributed by atoms with Crippen molar-refractivity contribution in [1.29, 1.82) is 0 Å². The Bertz CT molecular complexity index is 798. The van der Waals surface area contributed by atoms with E-state index in [1.54, 1.807) is 48.5 Å². The molecule has 2 aromatic carbocycles. The Kier molecular flexibility index (Phi) is 6.49. The largest absolute Gasteiger partial charge is 0.465 e. The van der Waals surface area contributed by atoms with Crippen molar-refractivity contribution >= 4 is 29.2 Å². The number of esters is 1. The minimum Gasteiger partial charge on any atom is -0.465 e. The maximum atomic E-state index is 12.3. The third kappa shape index (κ3) is 5.44. The van der Waals surface area contributed by atoms with Crippen molar-refractivity contribution in [1.82, 2.24) is 0 Å². The van der Waals surface area contributed by atoms with E-state index >= 15 is 0 Å². The molecule has 0 aliphatic rings. The summed E-state index contributed by atoms with van der Waals surface area (Å²) in [6.45, 7) is 3.95. The number of carbonyl (C=O) groups excluding carboxylic acids is 3. The summed E-state index contributed by atoms with van der Waals surface area (Å²) >= 11 is 0. The van der Waals surface area contributed by atoms with Crippen molar-refractivity contribution in [2.24, 2.45) is 5.92 Å². The normalized spacial score (nSPS) is 10.3. The highest BCUT2D eigenvalue weighted by molar-refractivity contribution is 6.05. The summed E-state index contributed by atoms with van der Waals surface area (Å²) < 4.78 is 4.66. The van der Waals surface area contributed by atoms with Gasteiger partial charge < -0.3 is 15.4 Å². The summed E-state index contributed by atoms with van der Waals surface area (Å²) in [4.78, 5) is 35.6. The van der Waals surface area contributed by atoms with Gasteiger partial charge in [-0.3, -0.25) is 9.59 Å². The topological polar surface area (TPSA) is 84.5 Å². The van der Waals surface area contributed by atoms with Crippen molar-refractivity contribution in [3.05, 3.63) is 59.7 Å². The molecule has 0 aliphatic heterocycles. The number of nitrogens with one attached hydrogen (secondary N) is 2. The summed E-state index contributed by atoms with van der Waals surface area (Å²) in [6, 6.07) is 13.1. The number of ether oxygens (including phenoxy) is 1. The lowest BCUT2D eigenvalue weighted by Gasteiger charge is -2.09. The molecule has 2 N–H and O–H groups in total. The van der Waals surface area contributed by atoms with E-state index in [0.717, 1.165) is 0 Å². The standard InChI is InChI=1S/C20H22N2O4/c1-13(2)11-18(23)21-16-9-7-14(8-10-16)19(24)22-17-6-4-5-15(12-17)20(25)26-3/h4-10,12-13H,11H2,1-3H3,(H,21,23)(H,22,24). The second kappa shape index (κ2) is 8.80. The van der Waals surface area contributed by atoms with E-state index in [0.29, 0.717) is 28.9 Å². The van der Waals surface area contributed by atoms with Crippen LogP contribution in [0.2, 0.25) is 0 Å². The summed E-state index contributed by atoms with van der Waals surface area (Å²) in [5, 5.41) is 5.52. The van der Waals surface area contributed by atoms with Gasteiger partial charge in [0.25, 0.3) is 5.91 Å². The molecule has 6 nitrogen and oxygen atoms in total. The van der Waals surface area contributed by atoms with Crippen LogP contribution in [0.25, 0.3) is 0 Å². The Morgan fingerprint density at radius 2 is 1.62 bits per heavy atom. The zero-order valence-corrected chi connectivity index (χ0v) is 15.0. The van der Waals surface area contributed by atoms with E-state index in [-0.39, 0.29) is 17.7 Å². The van der Waals surface area contributed by atoms with E-state index in [2.05, 4.69) is 15.4 Å². The van der Waals surface area contributed by atoms with Crippen LogP contribution in [-0.2, 0) is 9.53 Å². The van der Waals surface area contributed by atoms with Crippen LogP contribution in [0.3, 0.4) is 0 Å². The molecule has 136 valence electrons. The van der Waals surface area contributed by atoms with Gasteiger partial charge in [0.2, 0.25) is 5.91 Å². The van der Waals surface area contributed by atoms with Crippen LogP contribution in [0.5, 0.6) is 0 Å². The van der Waals surface area contributed by atoms with Crippen LogP contribution in [0.1, 0.15) is 41.0 Å². The first-order chi connectivity index (χ1) is 12.4. The Morgan fingerprint density at radius 3 is 2.23 bits per heavy atom. The molecule has 26 heavy (non-hydrogen) atoms. The van der Waals surface area contributed by atoms with Gasteiger partial charge in [0.05, 0.1) is 12.7 Å². The van der Waals surface area contributed by atoms with E-state index in [1.165, 1.54) is 7.11 Å². The predicted octanol–water partition coefficient (Wildman–Crippen LogP) is 3.71. The maximum Gasteiger partial charge on any atom is 0.337 e. The summed E-state index contributed by atoms with van der Waals surface area (Å²) in [5.74, 6) is -0.563. The average Bonchev–Trinajstić information content (AvgIpc) is 2.61. The molecule has 0 unspecified atom stereocenters. The SMILES string of the molecule is COC(=O)c1cccc(NC(=O)c2ccc(NC(=O)CC(C)C)cc2)c1. The molecule has 6 heteroatoms. The molecule has 0 aliphatic carbocycles. The lowest BCUT2D eigenvalue weighted by atomic mass is 10.1. The molecular formula is C20H22N2O4. The van der Waals surface area contributed by atoms with Crippen LogP contribution in [0, 0.1) is 5.92 Å². The van der Waals surface area contributed by atoms with Crippen molar-refractivity contribution < 1.29 is 19.1 Å². The zero-order chi connectivity index (χ0) is 19.1. The summed E-state index contributed by atoms with van der Waals surface area (Å²) in [5.41, 5.74) is 1.93. The fraction of sp³-hybridized carbons (Fsp3) is 0.250. The summed E-state index contributed by atoms with van der Waals surface area (Å²) in [7, 11) is 1.30. The number of hydrogen-bond acceptors (Lipinski definition) is 4. The molecule has 0 atom stereocenters. The number of hydrogen-bond donors (Lipinski definition) is 2. The zero-order valence-electron chi connectivity index (χ0n) is 15.0. The van der Waals surface area contributed by atoms with Gasteiger partial charge in [-0.05, 0) is 48.4 Å². The highest BCUT2D eigenvalue weighted by Crippen LogP contribution is 2.15. The monoisotopic (exact) mass is 354 g/mol. The van der Waals surface area contributed by atoms with E-state index in [9.17, 15) is 14.4 Å². The minimum atomic E-state index is -0.470. The lowest BCUT2D eigenvalue weighted by Crippen LogP contribution is -2.15. The van der Waals surface area contributed by atoms with Crippen LogP contribution in [0.15, 0.2) is 48.5 Å². The summed E-state index contributed by atoms with van der Waals surface area (Å²) in [6.07, 6.45) is 0.443. The molecule has 2 rings (SSSR count). The molecule has 2 amide bonds. The van der Waals surface area contributed by atoms with Crippen molar-refractivity contribution in [3.63, 3.8) is 0 Å². The number of benzene rings is 2. The lowest BCUT2D eigenvalue weighted by molar-refractivity contribution is -0.116. The van der Waals surface area contributed by atoms with Gasteiger partial charge in [-0.15, -0.1) is 0 Å². The average molecular weight is 354 g/mol. The maximum absolute atomic E-state index is 12.3. The first kappa shape index (κ1) is 19.2. The van der Waals surface area contributed by atoms with Crippen LogP contribution < -0.4 is 10.6 Å². The second-order valence-corrected chi connectivity index (χ2v) is 6.25. The van der Waals surface area contributed by atoms with Crippen molar-refractivity contribution in [2.45, 2.75) is 20.3 Å². The molecule has 0 saturated heterocycles. The van der Waals surface area contributed by atoms with Crippen molar-refractivity contribution in [3.8, 4) is 0 Å². The number of methoxy groups -OCH3 is 1. The highest BCUT2D eigenvalue weighted by Gasteiger charge is 2.10. The first-order valence-electron chi connectivity index (χ1n) is 8.28. The highest BCUT2D eigenvalue weighted by atomic mass is 16.5. The number of carbonyl (C=O) groups is 3. The van der Waals surface area contributed by atoms with Gasteiger partial charge in [-0.25, -0.2) is 4.79 Å². The smallest absolute Gasteiger partial charge is 0.337 e. The van der Waals surface area contributed by atoms with E-state index in [1.807, 2.05) is 13.8 Å². The molecule has 0 saturated carbocycles. The Balaban J connectivity index is 2.02. The van der Waals surface area contributed by atoms with Crippen molar-refractivity contribution in [2.75, 3.05) is 17.7 Å². The van der Waals surface area contributed by atoms with Gasteiger partial charge in [-0.2, -0.15) is 0 Å². The Hall–Kier alpha value is -3.15. The Labute approximate surface area is 152 Å². The Morgan fingerprint density at radius 1 is 0.923 bits per heavy atom. The van der Waals surface area contributed by atoms with Gasteiger partial charge >= 0.3 is 5.97 Å². The van der Waals surface area contributed by atoms with E-state index < -0.39 is 5.97 Å². The fourth-order valence-corrected chi connectivity index (χ4v) is 2.33. The first-order valence-corrected chi connectivity index (χ1v) is 8.28. The van der Waals surface area contributed by atoms with Gasteiger partial charge in [0.1, 0.15) is 0 Å². The van der Waals surface area contributed by atoms with Crippen LogP contribution >= 0.6 is 0 Å². The van der Waals surface area contributed by atoms with Gasteiger partial charge in [-0.1, -0.05) is 19.9 Å². The molecule has 0 fully saturated rings. The minimum absolute atomic E-state index is 0.0585. The van der Waals surface area contributed by atoms with E-state index in [4.69, 9.17) is 0 Å². The quantitative estimate of drug-likeness (QED) is 0.775. The third-order valence-corrected chi connectivity index (χ3v) is 3.57. The number of anilines is 2. The molecule has 0 heterocycles. The predicted molar refractivity (Wildman–Crippen MR) is 100 cm³/mol. The number of amides is 2. The van der Waals surface area contributed by atoms with Gasteiger partial charge in [0, 0.05) is 23.4 Å². The molecule has 0 radical (unpaired) electrons. The molecular weight excluding hydrogens is 332 g/mol. The van der Waals surface area contributed by atoms with Crippen LogP contribution in [0.4, 0.5) is 11.4 Å². The fourth-order valence-electron chi connectivity index (χ4n) is 2.33.